The van der Waals surface area contributed by atoms with Crippen LogP contribution in [-0.2, 0) is 0 Å². The second-order valence-corrected chi connectivity index (χ2v) is 5.05. The molecule has 0 bridgehead atoms. The molecule has 19 heavy (non-hydrogen) atoms. The molecule has 0 fully saturated rings. The van der Waals surface area contributed by atoms with Crippen molar-refractivity contribution in [2.75, 3.05) is 5.73 Å². The van der Waals surface area contributed by atoms with Crippen LogP contribution in [0.2, 0.25) is 5.02 Å². The van der Waals surface area contributed by atoms with Gasteiger partial charge < -0.3 is 10.8 Å². The number of carboxylic acid groups (broad SMARTS) is 1. The lowest BCUT2D eigenvalue weighted by Crippen LogP contribution is -1.96. The van der Waals surface area contributed by atoms with Gasteiger partial charge in [0.15, 0.2) is 0 Å². The third kappa shape index (κ3) is 2.38. The molecule has 3 N–H and O–H groups in total. The van der Waals surface area contributed by atoms with Gasteiger partial charge in [-0.3, -0.25) is 10.1 Å². The first-order chi connectivity index (χ1) is 8.91. The number of rotatable bonds is 3. The highest BCUT2D eigenvalue weighted by Crippen LogP contribution is 2.41. The Hall–Kier alpha value is -2.12. The molecule has 98 valence electrons. The smallest absolute Gasteiger partial charge is 0.348 e. The summed E-state index contributed by atoms with van der Waals surface area (Å²) in [6.45, 7) is 0. The number of nitrogens with two attached hydrogens (primary N) is 1. The number of anilines is 1. The van der Waals surface area contributed by atoms with Gasteiger partial charge >= 0.3 is 5.97 Å². The van der Waals surface area contributed by atoms with Crippen LogP contribution in [0.5, 0.6) is 0 Å². The van der Waals surface area contributed by atoms with E-state index in [1.54, 1.807) is 0 Å². The zero-order chi connectivity index (χ0) is 14.2. The van der Waals surface area contributed by atoms with Crippen molar-refractivity contribution in [1.29, 1.82) is 0 Å². The number of hydrogen-bond donors (Lipinski definition) is 2. The third-order valence-corrected chi connectivity index (χ3v) is 3.86. The highest BCUT2D eigenvalue weighted by Gasteiger charge is 2.22. The number of benzene rings is 1. The monoisotopic (exact) mass is 298 g/mol. The van der Waals surface area contributed by atoms with E-state index in [2.05, 4.69) is 0 Å². The van der Waals surface area contributed by atoms with Crippen LogP contribution in [0.15, 0.2) is 24.3 Å². The highest BCUT2D eigenvalue weighted by molar-refractivity contribution is 7.18. The molecular weight excluding hydrogens is 292 g/mol. The Kier molecular flexibility index (Phi) is 3.41. The topological polar surface area (TPSA) is 106 Å². The van der Waals surface area contributed by atoms with Crippen LogP contribution in [0.1, 0.15) is 9.67 Å². The molecule has 2 rings (SSSR count). The van der Waals surface area contributed by atoms with Crippen LogP contribution in [0.3, 0.4) is 0 Å². The molecule has 0 saturated carbocycles. The standard InChI is InChI=1S/C11H7ClN2O4S/c12-5-2-1-3-7(14(17)18)9(5)8-4-6(13)10(19-8)11(15)16/h1-4H,13H2,(H,15,16). The first-order valence-electron chi connectivity index (χ1n) is 4.97. The summed E-state index contributed by atoms with van der Waals surface area (Å²) in [5.74, 6) is -1.18. The fourth-order valence-corrected chi connectivity index (χ4v) is 2.92. The number of hydrogen-bond acceptors (Lipinski definition) is 5. The minimum atomic E-state index is -1.18. The number of aromatic carboxylic acids is 1. The molecule has 0 saturated heterocycles. The second kappa shape index (κ2) is 4.87. The fraction of sp³-hybridized carbons (Fsp3) is 0. The van der Waals surface area contributed by atoms with Crippen LogP contribution in [0, 0.1) is 10.1 Å². The lowest BCUT2D eigenvalue weighted by atomic mass is 10.1. The highest BCUT2D eigenvalue weighted by atomic mass is 35.5. The van der Waals surface area contributed by atoms with Crippen molar-refractivity contribution in [3.63, 3.8) is 0 Å². The van der Waals surface area contributed by atoms with Crippen LogP contribution >= 0.6 is 22.9 Å². The van der Waals surface area contributed by atoms with Crippen LogP contribution in [0.25, 0.3) is 10.4 Å². The first-order valence-corrected chi connectivity index (χ1v) is 6.17. The van der Waals surface area contributed by atoms with Gasteiger partial charge in [-0.1, -0.05) is 17.7 Å². The fourth-order valence-electron chi connectivity index (χ4n) is 1.60. The molecule has 0 atom stereocenters. The van der Waals surface area contributed by atoms with Crippen molar-refractivity contribution in [1.82, 2.24) is 0 Å². The Balaban J connectivity index is 2.68. The molecule has 0 radical (unpaired) electrons. The van der Waals surface area contributed by atoms with Crippen molar-refractivity contribution < 1.29 is 14.8 Å². The summed E-state index contributed by atoms with van der Waals surface area (Å²) in [6.07, 6.45) is 0. The predicted octanol–water partition coefficient (Wildman–Crippen LogP) is 3.26. The van der Waals surface area contributed by atoms with E-state index < -0.39 is 10.9 Å². The van der Waals surface area contributed by atoms with E-state index in [1.807, 2.05) is 0 Å². The van der Waals surface area contributed by atoms with Crippen molar-refractivity contribution >= 4 is 40.3 Å². The summed E-state index contributed by atoms with van der Waals surface area (Å²) in [7, 11) is 0. The number of nitrogens with zero attached hydrogens (tertiary/aromatic N) is 1. The molecule has 1 heterocycles. The third-order valence-electron chi connectivity index (χ3n) is 2.39. The molecule has 6 nitrogen and oxygen atoms in total. The Morgan fingerprint density at radius 2 is 2.16 bits per heavy atom. The SMILES string of the molecule is Nc1cc(-c2c(Cl)cccc2[N+](=O)[O-])sc1C(=O)O. The summed E-state index contributed by atoms with van der Waals surface area (Å²) in [5, 5.41) is 20.1. The molecule has 0 aliphatic heterocycles. The Bertz CT molecular complexity index is 683. The second-order valence-electron chi connectivity index (χ2n) is 3.59. The Morgan fingerprint density at radius 3 is 2.68 bits per heavy atom. The first kappa shape index (κ1) is 13.3. The van der Waals surface area contributed by atoms with Gasteiger partial charge in [0, 0.05) is 10.9 Å². The van der Waals surface area contributed by atoms with Crippen LogP contribution in [0.4, 0.5) is 11.4 Å². The lowest BCUT2D eigenvalue weighted by molar-refractivity contribution is -0.384. The summed E-state index contributed by atoms with van der Waals surface area (Å²) in [4.78, 5) is 21.6. The zero-order valence-electron chi connectivity index (χ0n) is 9.29. The lowest BCUT2D eigenvalue weighted by Gasteiger charge is -2.02. The number of nitrogen functional groups attached to an aromatic ring is 1. The predicted molar refractivity (Wildman–Crippen MR) is 72.8 cm³/mol. The molecule has 0 spiro atoms. The van der Waals surface area contributed by atoms with Gasteiger partial charge in [0.25, 0.3) is 5.69 Å². The summed E-state index contributed by atoms with van der Waals surface area (Å²) < 4.78 is 0. The molecule has 0 aliphatic rings. The van der Waals surface area contributed by atoms with Crippen molar-refractivity contribution in [3.05, 3.63) is 44.3 Å². The minimum Gasteiger partial charge on any atom is -0.477 e. The maximum atomic E-state index is 11.0. The van der Waals surface area contributed by atoms with Crippen molar-refractivity contribution in [2.45, 2.75) is 0 Å². The molecule has 8 heteroatoms. The number of nitro groups is 1. The average molecular weight is 299 g/mol. The number of nitro benzene ring substituents is 1. The molecule has 0 amide bonds. The largest absolute Gasteiger partial charge is 0.477 e. The van der Waals surface area contributed by atoms with E-state index in [9.17, 15) is 14.9 Å². The zero-order valence-corrected chi connectivity index (χ0v) is 10.9. The number of halogens is 1. The molecule has 0 unspecified atom stereocenters. The van der Waals surface area contributed by atoms with Crippen LogP contribution < -0.4 is 5.73 Å². The number of carboxylic acids is 1. The number of thiophene rings is 1. The molecular formula is C11H7ClN2O4S. The van der Waals surface area contributed by atoms with E-state index in [-0.39, 0.29) is 26.8 Å². The summed E-state index contributed by atoms with van der Waals surface area (Å²) >= 11 is 6.82. The van der Waals surface area contributed by atoms with E-state index >= 15 is 0 Å². The maximum absolute atomic E-state index is 11.0. The van der Waals surface area contributed by atoms with Gasteiger partial charge in [0.1, 0.15) is 4.88 Å². The van der Waals surface area contributed by atoms with Crippen LogP contribution in [-0.4, -0.2) is 16.0 Å². The van der Waals surface area contributed by atoms with E-state index in [0.29, 0.717) is 4.88 Å². The molecule has 1 aromatic carbocycles. The Labute approximate surface area is 116 Å². The van der Waals surface area contributed by atoms with Gasteiger partial charge in [-0.15, -0.1) is 11.3 Å². The van der Waals surface area contributed by atoms with E-state index in [0.717, 1.165) is 11.3 Å². The van der Waals surface area contributed by atoms with Gasteiger partial charge in [-0.2, -0.15) is 0 Å². The Morgan fingerprint density at radius 1 is 1.47 bits per heavy atom. The van der Waals surface area contributed by atoms with Gasteiger partial charge in [-0.05, 0) is 12.1 Å². The van der Waals surface area contributed by atoms with E-state index in [1.165, 1.54) is 24.3 Å². The minimum absolute atomic E-state index is 0.0571. The van der Waals surface area contributed by atoms with Gasteiger partial charge in [0.05, 0.1) is 21.2 Å². The summed E-state index contributed by atoms with van der Waals surface area (Å²) in [6, 6.07) is 5.64. The van der Waals surface area contributed by atoms with E-state index in [4.69, 9.17) is 22.4 Å². The molecule has 0 aliphatic carbocycles. The average Bonchev–Trinajstić information content (AvgIpc) is 2.70. The summed E-state index contributed by atoms with van der Waals surface area (Å²) in [5.41, 5.74) is 5.62. The molecule has 1 aromatic heterocycles. The van der Waals surface area contributed by atoms with Gasteiger partial charge in [-0.25, -0.2) is 4.79 Å². The van der Waals surface area contributed by atoms with Gasteiger partial charge in [0.2, 0.25) is 0 Å². The normalized spacial score (nSPS) is 10.4. The van der Waals surface area contributed by atoms with Crippen molar-refractivity contribution in [2.24, 2.45) is 0 Å². The van der Waals surface area contributed by atoms with Crippen molar-refractivity contribution in [3.8, 4) is 10.4 Å². The quantitative estimate of drug-likeness (QED) is 0.668. The molecule has 2 aromatic rings. The number of carbonyl (C=O) groups is 1. The maximum Gasteiger partial charge on any atom is 0.348 e.